The zero-order valence-electron chi connectivity index (χ0n) is 17.6. The fraction of sp³-hybridized carbons (Fsp3) is 0.435. The summed E-state index contributed by atoms with van der Waals surface area (Å²) in [6, 6.07) is 10.4. The lowest BCUT2D eigenvalue weighted by molar-refractivity contribution is 0.122. The molecular weight excluding hydrogens is 392 g/mol. The van der Waals surface area contributed by atoms with Crippen molar-refractivity contribution in [3.05, 3.63) is 46.9 Å². The van der Waals surface area contributed by atoms with E-state index in [-0.39, 0.29) is 5.56 Å². The molecule has 3 aromatic rings. The van der Waals surface area contributed by atoms with E-state index >= 15 is 0 Å². The normalized spacial score (nSPS) is 17.6. The van der Waals surface area contributed by atoms with Crippen LogP contribution in [-0.4, -0.2) is 47.3 Å². The number of pyridine rings is 1. The zero-order valence-corrected chi connectivity index (χ0v) is 17.6. The maximum atomic E-state index is 12.5. The SMILES string of the molecule is O=c1[nH]ccc2nc(NC3CCCCC3)nc(Nc3ccc(N4CCOCC4)cc3)c12. The summed E-state index contributed by atoms with van der Waals surface area (Å²) in [4.78, 5) is 26.9. The van der Waals surface area contributed by atoms with Crippen LogP contribution >= 0.6 is 0 Å². The van der Waals surface area contributed by atoms with Crippen molar-refractivity contribution < 1.29 is 4.74 Å². The predicted octanol–water partition coefficient (Wildman–Crippen LogP) is 3.64. The average molecular weight is 421 g/mol. The fourth-order valence-electron chi connectivity index (χ4n) is 4.39. The number of hydrogen-bond donors (Lipinski definition) is 3. The highest BCUT2D eigenvalue weighted by atomic mass is 16.5. The first-order valence-electron chi connectivity index (χ1n) is 11.1. The third-order valence-corrected chi connectivity index (χ3v) is 6.06. The molecule has 0 amide bonds. The summed E-state index contributed by atoms with van der Waals surface area (Å²) in [6.07, 6.45) is 7.63. The second-order valence-corrected chi connectivity index (χ2v) is 8.21. The minimum absolute atomic E-state index is 0.200. The predicted molar refractivity (Wildman–Crippen MR) is 123 cm³/mol. The monoisotopic (exact) mass is 420 g/mol. The van der Waals surface area contributed by atoms with Crippen molar-refractivity contribution >= 4 is 34.0 Å². The Labute approximate surface area is 181 Å². The molecule has 3 heterocycles. The quantitative estimate of drug-likeness (QED) is 0.580. The zero-order chi connectivity index (χ0) is 21.0. The Kier molecular flexibility index (Phi) is 5.71. The molecule has 0 unspecified atom stereocenters. The van der Waals surface area contributed by atoms with Crippen LogP contribution in [0.25, 0.3) is 10.9 Å². The van der Waals surface area contributed by atoms with E-state index in [4.69, 9.17) is 4.74 Å². The van der Waals surface area contributed by atoms with Crippen molar-refractivity contribution in [2.45, 2.75) is 38.1 Å². The van der Waals surface area contributed by atoms with E-state index in [2.05, 4.69) is 42.6 Å². The Balaban J connectivity index is 1.42. The molecule has 0 atom stereocenters. The van der Waals surface area contributed by atoms with E-state index in [0.717, 1.165) is 44.8 Å². The highest BCUT2D eigenvalue weighted by Gasteiger charge is 2.17. The molecule has 1 aromatic carbocycles. The number of aromatic amines is 1. The van der Waals surface area contributed by atoms with Gasteiger partial charge in [0.25, 0.3) is 5.56 Å². The van der Waals surface area contributed by atoms with Crippen LogP contribution in [0.2, 0.25) is 0 Å². The third kappa shape index (κ3) is 4.49. The summed E-state index contributed by atoms with van der Waals surface area (Å²) in [6.45, 7) is 3.31. The smallest absolute Gasteiger partial charge is 0.261 e. The molecular formula is C23H28N6O2. The van der Waals surface area contributed by atoms with Gasteiger partial charge in [0.2, 0.25) is 5.95 Å². The molecule has 3 N–H and O–H groups in total. The molecule has 2 aromatic heterocycles. The molecule has 2 aliphatic rings. The lowest BCUT2D eigenvalue weighted by Crippen LogP contribution is -2.36. The van der Waals surface area contributed by atoms with Crippen LogP contribution in [0.4, 0.5) is 23.1 Å². The number of morpholine rings is 1. The first kappa shape index (κ1) is 19.8. The van der Waals surface area contributed by atoms with Crippen molar-refractivity contribution in [1.29, 1.82) is 0 Å². The van der Waals surface area contributed by atoms with Gasteiger partial charge in [-0.15, -0.1) is 0 Å². The molecule has 2 fully saturated rings. The van der Waals surface area contributed by atoms with Gasteiger partial charge in [-0.25, -0.2) is 4.98 Å². The van der Waals surface area contributed by atoms with Gasteiger partial charge in [-0.3, -0.25) is 4.79 Å². The van der Waals surface area contributed by atoms with Gasteiger partial charge in [-0.2, -0.15) is 4.98 Å². The summed E-state index contributed by atoms with van der Waals surface area (Å²) in [5.74, 6) is 1.08. The van der Waals surface area contributed by atoms with E-state index < -0.39 is 0 Å². The Hall–Kier alpha value is -3.13. The van der Waals surface area contributed by atoms with Crippen molar-refractivity contribution in [3.63, 3.8) is 0 Å². The lowest BCUT2D eigenvalue weighted by Gasteiger charge is -2.29. The average Bonchev–Trinajstić information content (AvgIpc) is 2.81. The Bertz CT molecular complexity index is 1090. The number of anilines is 4. The topological polar surface area (TPSA) is 95.2 Å². The Morgan fingerprint density at radius 3 is 2.55 bits per heavy atom. The van der Waals surface area contributed by atoms with Gasteiger partial charge < -0.3 is 25.3 Å². The van der Waals surface area contributed by atoms with Crippen molar-refractivity contribution in [2.75, 3.05) is 41.8 Å². The molecule has 5 rings (SSSR count). The second kappa shape index (κ2) is 8.93. The fourth-order valence-corrected chi connectivity index (χ4v) is 4.39. The number of ether oxygens (including phenoxy) is 1. The van der Waals surface area contributed by atoms with Crippen molar-refractivity contribution in [3.8, 4) is 0 Å². The molecule has 0 radical (unpaired) electrons. The maximum Gasteiger partial charge on any atom is 0.261 e. The molecule has 8 nitrogen and oxygen atoms in total. The first-order valence-corrected chi connectivity index (χ1v) is 11.1. The van der Waals surface area contributed by atoms with Gasteiger partial charge in [0, 0.05) is 36.7 Å². The molecule has 1 aliphatic heterocycles. The number of benzene rings is 1. The lowest BCUT2D eigenvalue weighted by atomic mass is 9.96. The summed E-state index contributed by atoms with van der Waals surface area (Å²) in [7, 11) is 0. The van der Waals surface area contributed by atoms with Crippen LogP contribution in [0.5, 0.6) is 0 Å². The molecule has 31 heavy (non-hydrogen) atoms. The number of nitrogens with one attached hydrogen (secondary N) is 3. The minimum Gasteiger partial charge on any atom is -0.378 e. The third-order valence-electron chi connectivity index (χ3n) is 6.06. The van der Waals surface area contributed by atoms with Crippen LogP contribution in [0.1, 0.15) is 32.1 Å². The molecule has 1 saturated heterocycles. The number of aromatic nitrogens is 3. The van der Waals surface area contributed by atoms with Gasteiger partial charge in [-0.05, 0) is 43.2 Å². The molecule has 162 valence electrons. The molecule has 1 aliphatic carbocycles. The number of rotatable bonds is 5. The van der Waals surface area contributed by atoms with Crippen LogP contribution in [0, 0.1) is 0 Å². The standard InChI is InChI=1S/C23H28N6O2/c30-22-20-19(10-11-24-22)27-23(26-16-4-2-1-3-5-16)28-21(20)25-17-6-8-18(9-7-17)29-12-14-31-15-13-29/h6-11,16H,1-5,12-15H2,(H,24,30)(H2,25,26,27,28). The van der Waals surface area contributed by atoms with Crippen LogP contribution < -0.4 is 21.1 Å². The summed E-state index contributed by atoms with van der Waals surface area (Å²) in [5, 5.41) is 7.29. The number of fused-ring (bicyclic) bond motifs is 1. The van der Waals surface area contributed by atoms with Gasteiger partial charge in [0.05, 0.1) is 18.7 Å². The number of nitrogens with zero attached hydrogens (tertiary/aromatic N) is 3. The van der Waals surface area contributed by atoms with Crippen LogP contribution in [-0.2, 0) is 4.74 Å². The first-order chi connectivity index (χ1) is 15.3. The highest BCUT2D eigenvalue weighted by Crippen LogP contribution is 2.26. The van der Waals surface area contributed by atoms with Crippen molar-refractivity contribution in [2.24, 2.45) is 0 Å². The van der Waals surface area contributed by atoms with Gasteiger partial charge >= 0.3 is 0 Å². The van der Waals surface area contributed by atoms with E-state index in [1.54, 1.807) is 6.20 Å². The molecule has 0 spiro atoms. The Morgan fingerprint density at radius 2 is 1.77 bits per heavy atom. The van der Waals surface area contributed by atoms with Gasteiger partial charge in [-0.1, -0.05) is 19.3 Å². The van der Waals surface area contributed by atoms with Crippen LogP contribution in [0.15, 0.2) is 41.3 Å². The van der Waals surface area contributed by atoms with Gasteiger partial charge in [0.1, 0.15) is 11.2 Å². The highest BCUT2D eigenvalue weighted by molar-refractivity contribution is 5.91. The van der Waals surface area contributed by atoms with Crippen molar-refractivity contribution in [1.82, 2.24) is 15.0 Å². The summed E-state index contributed by atoms with van der Waals surface area (Å²) in [5.41, 5.74) is 2.47. The summed E-state index contributed by atoms with van der Waals surface area (Å²) < 4.78 is 5.43. The molecule has 0 bridgehead atoms. The number of hydrogen-bond acceptors (Lipinski definition) is 7. The Morgan fingerprint density at radius 1 is 1.00 bits per heavy atom. The van der Waals surface area contributed by atoms with E-state index in [1.807, 2.05) is 18.2 Å². The molecule has 8 heteroatoms. The van der Waals surface area contributed by atoms with E-state index in [9.17, 15) is 4.79 Å². The largest absolute Gasteiger partial charge is 0.378 e. The van der Waals surface area contributed by atoms with Gasteiger partial charge in [0.15, 0.2) is 0 Å². The second-order valence-electron chi connectivity index (χ2n) is 8.21. The minimum atomic E-state index is -0.200. The maximum absolute atomic E-state index is 12.5. The molecule has 1 saturated carbocycles. The van der Waals surface area contributed by atoms with E-state index in [0.29, 0.717) is 28.7 Å². The summed E-state index contributed by atoms with van der Waals surface area (Å²) >= 11 is 0. The van der Waals surface area contributed by atoms with Crippen LogP contribution in [0.3, 0.4) is 0 Å². The van der Waals surface area contributed by atoms with E-state index in [1.165, 1.54) is 24.9 Å². The number of H-pyrrole nitrogens is 1.